The molecule has 2 aromatic rings. The minimum Gasteiger partial charge on any atom is -0.354 e. The number of hydrogen-bond acceptors (Lipinski definition) is 8. The Morgan fingerprint density at radius 3 is 2.68 bits per heavy atom. The molecule has 1 aromatic carbocycles. The lowest BCUT2D eigenvalue weighted by Gasteiger charge is -2.16. The molecule has 11 nitrogen and oxygen atoms in total. The molecule has 0 spiro atoms. The zero-order valence-electron chi connectivity index (χ0n) is 14.7. The maximum Gasteiger partial charge on any atom is 0.330 e. The molecule has 2 atom stereocenters. The summed E-state index contributed by atoms with van der Waals surface area (Å²) in [6.07, 6.45) is 1.84. The number of nitro benzene ring substituents is 2. The van der Waals surface area contributed by atoms with Crippen LogP contribution < -0.4 is 11.2 Å². The minimum absolute atomic E-state index is 0.260. The molecular weight excluding hydrogens is 392 g/mol. The van der Waals surface area contributed by atoms with Gasteiger partial charge in [0.15, 0.2) is 0 Å². The Hall–Kier alpha value is -2.99. The number of aromatic amines is 1. The molecule has 0 saturated carbocycles. The van der Waals surface area contributed by atoms with Crippen molar-refractivity contribution in [2.24, 2.45) is 0 Å². The second-order valence-electron chi connectivity index (χ2n) is 6.25. The lowest BCUT2D eigenvalue weighted by molar-refractivity contribution is -0.396. The van der Waals surface area contributed by atoms with Gasteiger partial charge in [0.2, 0.25) is 0 Å². The first-order valence-corrected chi connectivity index (χ1v) is 9.28. The maximum atomic E-state index is 12.0. The number of aromatic nitrogens is 2. The molecule has 0 amide bonds. The fourth-order valence-corrected chi connectivity index (χ4v) is 3.94. The van der Waals surface area contributed by atoms with E-state index in [4.69, 9.17) is 4.74 Å². The maximum absolute atomic E-state index is 12.0. The monoisotopic (exact) mass is 408 g/mol. The van der Waals surface area contributed by atoms with E-state index < -0.39 is 27.3 Å². The number of nitrogens with one attached hydrogen (secondary N) is 1. The van der Waals surface area contributed by atoms with Gasteiger partial charge in [-0.15, -0.1) is 11.8 Å². The molecule has 1 aliphatic rings. The summed E-state index contributed by atoms with van der Waals surface area (Å²) < 4.78 is 7.18. The quantitative estimate of drug-likeness (QED) is 0.434. The topological polar surface area (TPSA) is 150 Å². The number of H-pyrrole nitrogens is 1. The van der Waals surface area contributed by atoms with Crippen molar-refractivity contribution < 1.29 is 14.6 Å². The average molecular weight is 408 g/mol. The third kappa shape index (κ3) is 4.12. The number of benzene rings is 1. The molecule has 3 rings (SSSR count). The van der Waals surface area contributed by atoms with Crippen LogP contribution in [-0.2, 0) is 4.74 Å². The van der Waals surface area contributed by atoms with Crippen molar-refractivity contribution in [1.82, 2.24) is 9.55 Å². The highest BCUT2D eigenvalue weighted by molar-refractivity contribution is 7.99. The van der Waals surface area contributed by atoms with E-state index in [1.54, 1.807) is 6.92 Å². The predicted molar refractivity (Wildman–Crippen MR) is 99.7 cm³/mol. The van der Waals surface area contributed by atoms with Gasteiger partial charge in [0.05, 0.1) is 26.9 Å². The van der Waals surface area contributed by atoms with E-state index in [1.807, 2.05) is 0 Å². The SMILES string of the molecule is Cc1cn([C@H]2CC[C@@H](CSc3ccc([N+](=O)[O-])cc3[N+](=O)[O-])O2)c(=O)[nH]c1=O. The van der Waals surface area contributed by atoms with E-state index in [2.05, 4.69) is 4.98 Å². The van der Waals surface area contributed by atoms with Gasteiger partial charge >= 0.3 is 5.69 Å². The fraction of sp³-hybridized carbons (Fsp3) is 0.375. The molecule has 28 heavy (non-hydrogen) atoms. The Labute approximate surface area is 161 Å². The largest absolute Gasteiger partial charge is 0.354 e. The zero-order valence-corrected chi connectivity index (χ0v) is 15.5. The smallest absolute Gasteiger partial charge is 0.330 e. The van der Waals surface area contributed by atoms with Crippen molar-refractivity contribution in [3.63, 3.8) is 0 Å². The molecule has 2 heterocycles. The van der Waals surface area contributed by atoms with Crippen LogP contribution in [0.1, 0.15) is 24.6 Å². The Morgan fingerprint density at radius 2 is 2.00 bits per heavy atom. The molecule has 1 saturated heterocycles. The molecule has 0 bridgehead atoms. The molecule has 0 unspecified atom stereocenters. The van der Waals surface area contributed by atoms with Gasteiger partial charge in [0.25, 0.3) is 16.9 Å². The molecule has 1 aliphatic heterocycles. The highest BCUT2D eigenvalue weighted by Gasteiger charge is 2.29. The number of hydrogen-bond donors (Lipinski definition) is 1. The Bertz CT molecular complexity index is 1050. The van der Waals surface area contributed by atoms with E-state index in [1.165, 1.54) is 34.7 Å². The molecule has 12 heteroatoms. The summed E-state index contributed by atoms with van der Waals surface area (Å²) in [4.78, 5) is 46.6. The van der Waals surface area contributed by atoms with Crippen molar-refractivity contribution in [3.8, 4) is 0 Å². The van der Waals surface area contributed by atoms with E-state index >= 15 is 0 Å². The molecule has 0 aliphatic carbocycles. The number of nitro groups is 2. The lowest BCUT2D eigenvalue weighted by Crippen LogP contribution is -2.33. The normalized spacial score (nSPS) is 18.9. The number of ether oxygens (including phenoxy) is 1. The lowest BCUT2D eigenvalue weighted by atomic mass is 10.2. The third-order valence-electron chi connectivity index (χ3n) is 4.32. The van der Waals surface area contributed by atoms with Crippen LogP contribution in [0.5, 0.6) is 0 Å². The van der Waals surface area contributed by atoms with Crippen LogP contribution in [0.3, 0.4) is 0 Å². The van der Waals surface area contributed by atoms with Crippen molar-refractivity contribution in [1.29, 1.82) is 0 Å². The second-order valence-corrected chi connectivity index (χ2v) is 7.31. The third-order valence-corrected chi connectivity index (χ3v) is 5.51. The first-order chi connectivity index (χ1) is 13.3. The van der Waals surface area contributed by atoms with Gasteiger partial charge in [-0.05, 0) is 25.8 Å². The average Bonchev–Trinajstić information content (AvgIpc) is 3.11. The van der Waals surface area contributed by atoms with Gasteiger partial charge < -0.3 is 4.74 Å². The fourth-order valence-electron chi connectivity index (χ4n) is 2.88. The van der Waals surface area contributed by atoms with Crippen LogP contribution in [-0.4, -0.2) is 31.3 Å². The molecule has 0 radical (unpaired) electrons. The highest BCUT2D eigenvalue weighted by atomic mass is 32.2. The number of non-ortho nitro benzene ring substituents is 1. The molecule has 1 N–H and O–H groups in total. The van der Waals surface area contributed by atoms with Crippen molar-refractivity contribution in [3.05, 3.63) is 71.0 Å². The molecule has 148 valence electrons. The zero-order chi connectivity index (χ0) is 20.4. The van der Waals surface area contributed by atoms with Gasteiger partial charge in [-0.2, -0.15) is 0 Å². The summed E-state index contributed by atoms with van der Waals surface area (Å²) in [6.45, 7) is 1.59. The van der Waals surface area contributed by atoms with Gasteiger partial charge in [-0.25, -0.2) is 4.79 Å². The first kappa shape index (κ1) is 19.8. The van der Waals surface area contributed by atoms with E-state index in [9.17, 15) is 29.8 Å². The summed E-state index contributed by atoms with van der Waals surface area (Å²) >= 11 is 1.17. The van der Waals surface area contributed by atoms with E-state index in [0.717, 1.165) is 6.07 Å². The summed E-state index contributed by atoms with van der Waals surface area (Å²) in [7, 11) is 0. The van der Waals surface area contributed by atoms with Crippen LogP contribution in [0.4, 0.5) is 11.4 Å². The Balaban J connectivity index is 1.69. The molecular formula is C16H16N4O7S. The van der Waals surface area contributed by atoms with Crippen molar-refractivity contribution in [2.45, 2.75) is 37.0 Å². The number of thioether (sulfide) groups is 1. The Morgan fingerprint density at radius 1 is 1.25 bits per heavy atom. The number of aryl methyl sites for hydroxylation is 1. The van der Waals surface area contributed by atoms with E-state index in [0.29, 0.717) is 29.1 Å². The summed E-state index contributed by atoms with van der Waals surface area (Å²) in [5, 5.41) is 22.0. The highest BCUT2D eigenvalue weighted by Crippen LogP contribution is 2.36. The summed E-state index contributed by atoms with van der Waals surface area (Å²) in [5.74, 6) is 0.381. The van der Waals surface area contributed by atoms with Crippen LogP contribution in [0.25, 0.3) is 0 Å². The molecule has 1 aromatic heterocycles. The van der Waals surface area contributed by atoms with Crippen LogP contribution >= 0.6 is 11.8 Å². The van der Waals surface area contributed by atoms with Crippen molar-refractivity contribution >= 4 is 23.1 Å². The van der Waals surface area contributed by atoms with Crippen molar-refractivity contribution in [2.75, 3.05) is 5.75 Å². The van der Waals surface area contributed by atoms with Gasteiger partial charge in [-0.3, -0.25) is 34.6 Å². The summed E-state index contributed by atoms with van der Waals surface area (Å²) in [6, 6.07) is 3.50. The van der Waals surface area contributed by atoms with E-state index in [-0.39, 0.29) is 17.5 Å². The minimum atomic E-state index is -0.684. The standard InChI is InChI=1S/C16H16N4O7S/c1-9-7-18(16(22)17-15(9)21)14-5-3-11(27-14)8-28-13-4-2-10(19(23)24)6-12(13)20(25)26/h2,4,6-7,11,14H,3,5,8H2,1H3,(H,17,21,22)/t11-,14+/m0/s1. The van der Waals surface area contributed by atoms with Crippen LogP contribution in [0, 0.1) is 27.2 Å². The van der Waals surface area contributed by atoms with Gasteiger partial charge in [0.1, 0.15) is 6.23 Å². The summed E-state index contributed by atoms with van der Waals surface area (Å²) in [5.41, 5.74) is -1.29. The van der Waals surface area contributed by atoms with Gasteiger partial charge in [0, 0.05) is 23.6 Å². The second kappa shape index (κ2) is 7.94. The predicted octanol–water partition coefficient (Wildman–Crippen LogP) is 2.13. The molecule has 1 fully saturated rings. The van der Waals surface area contributed by atoms with Crippen LogP contribution in [0.2, 0.25) is 0 Å². The number of rotatable bonds is 6. The van der Waals surface area contributed by atoms with Gasteiger partial charge in [-0.1, -0.05) is 0 Å². The Kier molecular flexibility index (Phi) is 5.61. The number of nitrogens with zero attached hydrogens (tertiary/aromatic N) is 3. The van der Waals surface area contributed by atoms with Crippen LogP contribution in [0.15, 0.2) is 38.9 Å². The first-order valence-electron chi connectivity index (χ1n) is 8.29.